The minimum absolute atomic E-state index is 0.135. The van der Waals surface area contributed by atoms with Crippen molar-refractivity contribution in [1.29, 1.82) is 0 Å². The van der Waals surface area contributed by atoms with E-state index in [9.17, 15) is 4.39 Å². The van der Waals surface area contributed by atoms with Gasteiger partial charge in [-0.2, -0.15) is 0 Å². The molecule has 3 fully saturated rings. The number of piperidine rings is 1. The molecule has 1 aromatic rings. The van der Waals surface area contributed by atoms with Crippen LogP contribution >= 0.6 is 0 Å². The van der Waals surface area contributed by atoms with Crippen LogP contribution < -0.4 is 15.4 Å². The van der Waals surface area contributed by atoms with Gasteiger partial charge in [-0.15, -0.1) is 0 Å². The highest BCUT2D eigenvalue weighted by Gasteiger charge is 2.59. The molecule has 3 atom stereocenters. The third-order valence-electron chi connectivity index (χ3n) is 7.17. The Kier molecular flexibility index (Phi) is 6.21. The number of benzene rings is 1. The predicted octanol–water partition coefficient (Wildman–Crippen LogP) is 2.78. The first-order chi connectivity index (χ1) is 14.4. The van der Waals surface area contributed by atoms with Crippen LogP contribution in [0.2, 0.25) is 0 Å². The third kappa shape index (κ3) is 4.14. The minimum Gasteiger partial charge on any atom is -0.494 e. The Hall–Kier alpha value is -1.86. The van der Waals surface area contributed by atoms with E-state index in [1.165, 1.54) is 7.11 Å². The van der Waals surface area contributed by atoms with E-state index in [4.69, 9.17) is 9.47 Å². The molecule has 0 amide bonds. The number of aliphatic imine (C=N–C) groups is 1. The van der Waals surface area contributed by atoms with Crippen LogP contribution in [-0.2, 0) is 11.3 Å². The van der Waals surface area contributed by atoms with Crippen molar-refractivity contribution in [1.82, 2.24) is 15.5 Å². The Balaban J connectivity index is 1.25. The number of methoxy groups -OCH3 is 1. The van der Waals surface area contributed by atoms with Crippen molar-refractivity contribution in [2.75, 3.05) is 33.9 Å². The van der Waals surface area contributed by atoms with Gasteiger partial charge in [-0.25, -0.2) is 4.39 Å². The first-order valence-electron chi connectivity index (χ1n) is 11.1. The topological polar surface area (TPSA) is 58.1 Å². The fourth-order valence-electron chi connectivity index (χ4n) is 5.43. The normalized spacial score (nSPS) is 29.2. The summed E-state index contributed by atoms with van der Waals surface area (Å²) in [5, 5.41) is 7.30. The number of hydrogen-bond acceptors (Lipinski definition) is 4. The number of hydrogen-bond donors (Lipinski definition) is 2. The molecule has 0 spiro atoms. The molecule has 0 radical (unpaired) electrons. The zero-order chi connectivity index (χ0) is 21.3. The summed E-state index contributed by atoms with van der Waals surface area (Å²) in [4.78, 5) is 6.86. The van der Waals surface area contributed by atoms with Crippen LogP contribution in [0.5, 0.6) is 5.75 Å². The van der Waals surface area contributed by atoms with Crippen LogP contribution in [0.4, 0.5) is 4.39 Å². The predicted molar refractivity (Wildman–Crippen MR) is 116 cm³/mol. The second kappa shape index (κ2) is 8.71. The van der Waals surface area contributed by atoms with Gasteiger partial charge in [-0.1, -0.05) is 19.9 Å². The van der Waals surface area contributed by atoms with Crippen molar-refractivity contribution in [3.63, 3.8) is 0 Å². The Bertz CT molecular complexity index is 776. The Morgan fingerprint density at radius 1 is 1.27 bits per heavy atom. The second-order valence-electron chi connectivity index (χ2n) is 9.42. The first-order valence-corrected chi connectivity index (χ1v) is 11.1. The van der Waals surface area contributed by atoms with Crippen LogP contribution in [0.3, 0.4) is 0 Å². The van der Waals surface area contributed by atoms with Gasteiger partial charge >= 0.3 is 0 Å². The molecule has 2 saturated heterocycles. The highest BCUT2D eigenvalue weighted by molar-refractivity contribution is 5.80. The smallest absolute Gasteiger partial charge is 0.191 e. The van der Waals surface area contributed by atoms with E-state index in [-0.39, 0.29) is 11.2 Å². The largest absolute Gasteiger partial charge is 0.494 e. The summed E-state index contributed by atoms with van der Waals surface area (Å²) in [6.45, 7) is 8.17. The van der Waals surface area contributed by atoms with Gasteiger partial charge in [0, 0.05) is 56.7 Å². The molecular weight excluding hydrogens is 383 g/mol. The SMILES string of the molecule is CN=C(NC1CCN(Cc2ccc(OC)c(F)c2)CC1)NC1C2CCOC2C1(C)C. The molecule has 3 aliphatic rings. The molecule has 2 aliphatic heterocycles. The Morgan fingerprint density at radius 3 is 2.70 bits per heavy atom. The molecule has 2 N–H and O–H groups in total. The highest BCUT2D eigenvalue weighted by atomic mass is 19.1. The lowest BCUT2D eigenvalue weighted by Gasteiger charge is -2.55. The van der Waals surface area contributed by atoms with Gasteiger partial charge in [-0.05, 0) is 37.0 Å². The van der Waals surface area contributed by atoms with E-state index in [1.807, 2.05) is 13.1 Å². The van der Waals surface area contributed by atoms with Crippen LogP contribution in [0.15, 0.2) is 23.2 Å². The van der Waals surface area contributed by atoms with E-state index >= 15 is 0 Å². The van der Waals surface area contributed by atoms with E-state index in [2.05, 4.69) is 34.4 Å². The van der Waals surface area contributed by atoms with E-state index in [1.54, 1.807) is 12.1 Å². The van der Waals surface area contributed by atoms with Gasteiger partial charge in [0.15, 0.2) is 17.5 Å². The van der Waals surface area contributed by atoms with E-state index < -0.39 is 0 Å². The van der Waals surface area contributed by atoms with Crippen molar-refractivity contribution < 1.29 is 13.9 Å². The maximum atomic E-state index is 13.9. The monoisotopic (exact) mass is 418 g/mol. The van der Waals surface area contributed by atoms with Crippen LogP contribution in [0.1, 0.15) is 38.7 Å². The average molecular weight is 419 g/mol. The summed E-state index contributed by atoms with van der Waals surface area (Å²) >= 11 is 0. The van der Waals surface area contributed by atoms with Crippen LogP contribution in [0, 0.1) is 17.2 Å². The zero-order valence-corrected chi connectivity index (χ0v) is 18.6. The lowest BCUT2D eigenvalue weighted by Crippen LogP contribution is -2.68. The van der Waals surface area contributed by atoms with Crippen molar-refractivity contribution in [3.8, 4) is 5.75 Å². The summed E-state index contributed by atoms with van der Waals surface area (Å²) in [6.07, 6.45) is 3.59. The van der Waals surface area contributed by atoms with Crippen LogP contribution in [0.25, 0.3) is 0 Å². The van der Waals surface area contributed by atoms with Gasteiger partial charge in [0.25, 0.3) is 0 Å². The highest BCUT2D eigenvalue weighted by Crippen LogP contribution is 2.52. The average Bonchev–Trinajstić information content (AvgIpc) is 3.20. The van der Waals surface area contributed by atoms with Crippen molar-refractivity contribution in [2.45, 2.75) is 57.8 Å². The maximum absolute atomic E-state index is 13.9. The van der Waals surface area contributed by atoms with Gasteiger partial charge in [0.05, 0.1) is 13.2 Å². The number of halogens is 1. The zero-order valence-electron chi connectivity index (χ0n) is 18.6. The van der Waals surface area contributed by atoms with Crippen LogP contribution in [-0.4, -0.2) is 62.9 Å². The van der Waals surface area contributed by atoms with Gasteiger partial charge in [0.1, 0.15) is 0 Å². The molecule has 30 heavy (non-hydrogen) atoms. The summed E-state index contributed by atoms with van der Waals surface area (Å²) in [5.74, 6) is 1.49. The minimum atomic E-state index is -0.296. The fourth-order valence-corrected chi connectivity index (χ4v) is 5.43. The number of nitrogens with zero attached hydrogens (tertiary/aromatic N) is 2. The van der Waals surface area contributed by atoms with Crippen molar-refractivity contribution in [3.05, 3.63) is 29.6 Å². The summed E-state index contributed by atoms with van der Waals surface area (Å²) < 4.78 is 24.9. The molecule has 4 rings (SSSR count). The van der Waals surface area contributed by atoms with Gasteiger partial charge in [0.2, 0.25) is 0 Å². The molecular formula is C23H35FN4O2. The molecule has 1 aliphatic carbocycles. The second-order valence-corrected chi connectivity index (χ2v) is 9.42. The number of nitrogens with one attached hydrogen (secondary N) is 2. The fraction of sp³-hybridized carbons (Fsp3) is 0.696. The molecule has 1 aromatic carbocycles. The standard InChI is InChI=1S/C23H35FN4O2/c1-23(2)20(17-9-12-30-21(17)23)27-22(25-3)26-16-7-10-28(11-8-16)14-15-5-6-19(29-4)18(24)13-15/h5-6,13,16-17,20-21H,7-12,14H2,1-4H3,(H2,25,26,27). The Labute approximate surface area is 179 Å². The molecule has 0 bridgehead atoms. The molecule has 166 valence electrons. The molecule has 1 saturated carbocycles. The molecule has 3 unspecified atom stereocenters. The lowest BCUT2D eigenvalue weighted by molar-refractivity contribution is -0.106. The number of rotatable bonds is 5. The van der Waals surface area contributed by atoms with Gasteiger partial charge < -0.3 is 20.1 Å². The molecule has 7 heteroatoms. The van der Waals surface area contributed by atoms with Gasteiger partial charge in [-0.3, -0.25) is 9.89 Å². The van der Waals surface area contributed by atoms with E-state index in [0.717, 1.165) is 57.0 Å². The van der Waals surface area contributed by atoms with Crippen molar-refractivity contribution in [2.24, 2.45) is 16.3 Å². The first kappa shape index (κ1) is 21.4. The number of ether oxygens (including phenoxy) is 2. The summed E-state index contributed by atoms with van der Waals surface area (Å²) in [7, 11) is 3.33. The maximum Gasteiger partial charge on any atom is 0.191 e. The van der Waals surface area contributed by atoms with Crippen molar-refractivity contribution >= 4 is 5.96 Å². The quantitative estimate of drug-likeness (QED) is 0.569. The summed E-state index contributed by atoms with van der Waals surface area (Å²) in [6, 6.07) is 6.03. The third-order valence-corrected chi connectivity index (χ3v) is 7.17. The Morgan fingerprint density at radius 2 is 2.03 bits per heavy atom. The number of fused-ring (bicyclic) bond motifs is 1. The molecule has 2 heterocycles. The molecule has 6 nitrogen and oxygen atoms in total. The lowest BCUT2D eigenvalue weighted by atomic mass is 9.57. The number of likely N-dealkylation sites (tertiary alicyclic amines) is 1. The summed E-state index contributed by atoms with van der Waals surface area (Å²) in [5.41, 5.74) is 1.12. The molecule has 0 aromatic heterocycles. The number of guanidine groups is 1. The van der Waals surface area contributed by atoms with E-state index in [0.29, 0.717) is 29.9 Å².